The van der Waals surface area contributed by atoms with Crippen LogP contribution in [-0.2, 0) is 9.05 Å². The summed E-state index contributed by atoms with van der Waals surface area (Å²) in [5.74, 6) is -0.305. The number of nitrogens with one attached hydrogen (secondary N) is 1. The lowest BCUT2D eigenvalue weighted by Gasteiger charge is -2.18. The molecule has 0 aliphatic heterocycles. The number of rotatable bonds is 3. The van der Waals surface area contributed by atoms with Crippen molar-refractivity contribution in [2.45, 2.75) is 32.6 Å². The zero-order valence-corrected chi connectivity index (χ0v) is 13.0. The van der Waals surface area contributed by atoms with Gasteiger partial charge in [0.25, 0.3) is 15.0 Å². The molecule has 0 bridgehead atoms. The number of carbonyl (C=O) groups excluding carboxylic acids is 1. The summed E-state index contributed by atoms with van der Waals surface area (Å²) in [5, 5.41) is 2.77. The second kappa shape index (κ2) is 5.51. The number of benzene rings is 1. The Hall–Kier alpha value is -1.07. The predicted molar refractivity (Wildman–Crippen MR) is 76.0 cm³/mol. The van der Waals surface area contributed by atoms with Crippen molar-refractivity contribution in [3.63, 3.8) is 0 Å². The Morgan fingerprint density at radius 3 is 2.32 bits per heavy atom. The van der Waals surface area contributed by atoms with E-state index in [9.17, 15) is 13.2 Å². The predicted octanol–water partition coefficient (Wildman–Crippen LogP) is 2.70. The SMILES string of the molecule is Cc1cc(C(=O)NCC(C)(C)C)cc(S(=O)(=O)Cl)c1. The molecule has 106 valence electrons. The lowest BCUT2D eigenvalue weighted by molar-refractivity contribution is 0.0939. The molecule has 0 saturated heterocycles. The van der Waals surface area contributed by atoms with Gasteiger partial charge in [0.05, 0.1) is 4.90 Å². The molecule has 1 aromatic rings. The molecule has 4 nitrogen and oxygen atoms in total. The van der Waals surface area contributed by atoms with E-state index in [0.29, 0.717) is 17.7 Å². The van der Waals surface area contributed by atoms with Crippen molar-refractivity contribution in [2.24, 2.45) is 5.41 Å². The number of amides is 1. The summed E-state index contributed by atoms with van der Waals surface area (Å²) in [6, 6.07) is 4.35. The number of hydrogen-bond acceptors (Lipinski definition) is 3. The van der Waals surface area contributed by atoms with E-state index in [1.165, 1.54) is 12.1 Å². The van der Waals surface area contributed by atoms with Crippen LogP contribution in [0.4, 0.5) is 0 Å². The fourth-order valence-corrected chi connectivity index (χ4v) is 2.33. The molecule has 0 heterocycles. The molecule has 0 radical (unpaired) electrons. The molecule has 0 aromatic heterocycles. The Bertz CT molecular complexity index is 588. The Kier molecular flexibility index (Phi) is 4.63. The molecule has 1 N–H and O–H groups in total. The minimum Gasteiger partial charge on any atom is -0.352 e. The van der Waals surface area contributed by atoms with Gasteiger partial charge < -0.3 is 5.32 Å². The van der Waals surface area contributed by atoms with Crippen LogP contribution in [0.1, 0.15) is 36.7 Å². The van der Waals surface area contributed by atoms with Crippen LogP contribution in [0.15, 0.2) is 23.1 Å². The first-order chi connectivity index (χ1) is 8.49. The van der Waals surface area contributed by atoms with Crippen LogP contribution in [-0.4, -0.2) is 20.9 Å². The van der Waals surface area contributed by atoms with Crippen molar-refractivity contribution in [1.82, 2.24) is 5.32 Å². The van der Waals surface area contributed by atoms with Crippen molar-refractivity contribution in [2.75, 3.05) is 6.54 Å². The van der Waals surface area contributed by atoms with E-state index in [1.807, 2.05) is 20.8 Å². The van der Waals surface area contributed by atoms with E-state index in [1.54, 1.807) is 13.0 Å². The van der Waals surface area contributed by atoms with Gasteiger partial charge in [-0.05, 0) is 36.1 Å². The van der Waals surface area contributed by atoms with Gasteiger partial charge in [0.15, 0.2) is 0 Å². The molecule has 1 rings (SSSR count). The number of hydrogen-bond donors (Lipinski definition) is 1. The molecular formula is C13H18ClNO3S. The quantitative estimate of drug-likeness (QED) is 0.873. The maximum Gasteiger partial charge on any atom is 0.261 e. The summed E-state index contributed by atoms with van der Waals surface area (Å²) in [5.41, 5.74) is 0.923. The Morgan fingerprint density at radius 2 is 1.84 bits per heavy atom. The Morgan fingerprint density at radius 1 is 1.26 bits per heavy atom. The normalized spacial score (nSPS) is 12.3. The highest BCUT2D eigenvalue weighted by Gasteiger charge is 2.16. The van der Waals surface area contributed by atoms with Gasteiger partial charge >= 0.3 is 0 Å². The summed E-state index contributed by atoms with van der Waals surface area (Å²) in [6.07, 6.45) is 0. The van der Waals surface area contributed by atoms with Gasteiger partial charge in [-0.3, -0.25) is 4.79 Å². The number of aryl methyl sites for hydroxylation is 1. The first-order valence-corrected chi connectivity index (χ1v) is 8.14. The third-order valence-corrected chi connectivity index (χ3v) is 3.71. The average Bonchev–Trinajstić information content (AvgIpc) is 2.22. The van der Waals surface area contributed by atoms with E-state index in [2.05, 4.69) is 5.32 Å². The number of carbonyl (C=O) groups is 1. The van der Waals surface area contributed by atoms with Gasteiger partial charge in [-0.2, -0.15) is 0 Å². The second-order valence-corrected chi connectivity index (χ2v) is 8.28. The van der Waals surface area contributed by atoms with Gasteiger partial charge in [-0.25, -0.2) is 8.42 Å². The van der Waals surface area contributed by atoms with Crippen molar-refractivity contribution in [3.05, 3.63) is 29.3 Å². The smallest absolute Gasteiger partial charge is 0.261 e. The molecule has 0 fully saturated rings. The Balaban J connectivity index is 3.02. The molecule has 0 unspecified atom stereocenters. The van der Waals surface area contributed by atoms with Gasteiger partial charge in [0, 0.05) is 22.8 Å². The highest BCUT2D eigenvalue weighted by atomic mass is 35.7. The maximum atomic E-state index is 12.0. The van der Waals surface area contributed by atoms with Crippen molar-refractivity contribution in [3.8, 4) is 0 Å². The second-order valence-electron chi connectivity index (χ2n) is 5.72. The van der Waals surface area contributed by atoms with Gasteiger partial charge in [-0.1, -0.05) is 20.8 Å². The fourth-order valence-electron chi connectivity index (χ4n) is 1.47. The molecular weight excluding hydrogens is 286 g/mol. The lowest BCUT2D eigenvalue weighted by Crippen LogP contribution is -2.32. The topological polar surface area (TPSA) is 63.2 Å². The molecule has 6 heteroatoms. The zero-order valence-electron chi connectivity index (χ0n) is 11.5. The van der Waals surface area contributed by atoms with Gasteiger partial charge in [0.1, 0.15) is 0 Å². The summed E-state index contributed by atoms with van der Waals surface area (Å²) < 4.78 is 22.6. The Labute approximate surface area is 118 Å². The fraction of sp³-hybridized carbons (Fsp3) is 0.462. The maximum absolute atomic E-state index is 12.0. The van der Waals surface area contributed by atoms with Gasteiger partial charge in [-0.15, -0.1) is 0 Å². The lowest BCUT2D eigenvalue weighted by atomic mass is 9.97. The number of halogens is 1. The van der Waals surface area contributed by atoms with Crippen LogP contribution in [0.25, 0.3) is 0 Å². The monoisotopic (exact) mass is 303 g/mol. The van der Waals surface area contributed by atoms with Crippen LogP contribution < -0.4 is 5.32 Å². The molecule has 0 atom stereocenters. The van der Waals surface area contributed by atoms with Crippen molar-refractivity contribution >= 4 is 25.6 Å². The zero-order chi connectivity index (χ0) is 14.8. The molecule has 19 heavy (non-hydrogen) atoms. The molecule has 0 aliphatic carbocycles. The molecule has 0 aliphatic rings. The van der Waals surface area contributed by atoms with E-state index in [0.717, 1.165) is 0 Å². The van der Waals surface area contributed by atoms with Crippen molar-refractivity contribution < 1.29 is 13.2 Å². The van der Waals surface area contributed by atoms with Crippen LogP contribution in [0.2, 0.25) is 0 Å². The molecule has 0 saturated carbocycles. The summed E-state index contributed by atoms with van der Waals surface area (Å²) in [6.45, 7) is 8.21. The highest BCUT2D eigenvalue weighted by molar-refractivity contribution is 8.13. The molecule has 0 spiro atoms. The third kappa shape index (κ3) is 5.20. The van der Waals surface area contributed by atoms with E-state index in [4.69, 9.17) is 10.7 Å². The van der Waals surface area contributed by atoms with E-state index < -0.39 is 9.05 Å². The summed E-state index contributed by atoms with van der Waals surface area (Å²) >= 11 is 0. The van der Waals surface area contributed by atoms with Crippen LogP contribution >= 0.6 is 10.7 Å². The first kappa shape index (κ1) is 16.0. The summed E-state index contributed by atoms with van der Waals surface area (Å²) in [7, 11) is 1.46. The van der Waals surface area contributed by atoms with E-state index >= 15 is 0 Å². The minimum absolute atomic E-state index is 0.0408. The first-order valence-electron chi connectivity index (χ1n) is 5.84. The third-order valence-electron chi connectivity index (χ3n) is 2.37. The largest absolute Gasteiger partial charge is 0.352 e. The van der Waals surface area contributed by atoms with Crippen molar-refractivity contribution in [1.29, 1.82) is 0 Å². The molecule has 1 amide bonds. The van der Waals surface area contributed by atoms with E-state index in [-0.39, 0.29) is 16.2 Å². The minimum atomic E-state index is -3.83. The van der Waals surface area contributed by atoms with Crippen LogP contribution in [0.3, 0.4) is 0 Å². The standard InChI is InChI=1S/C13H18ClNO3S/c1-9-5-10(7-11(6-9)19(14,17)18)12(16)15-8-13(2,3)4/h5-7H,8H2,1-4H3,(H,15,16). The highest BCUT2D eigenvalue weighted by Crippen LogP contribution is 2.19. The van der Waals surface area contributed by atoms with Crippen LogP contribution in [0, 0.1) is 12.3 Å². The average molecular weight is 304 g/mol. The summed E-state index contributed by atoms with van der Waals surface area (Å²) in [4.78, 5) is 11.9. The van der Waals surface area contributed by atoms with Gasteiger partial charge in [0.2, 0.25) is 0 Å². The van der Waals surface area contributed by atoms with Crippen LogP contribution in [0.5, 0.6) is 0 Å². The molecule has 1 aromatic carbocycles.